The quantitative estimate of drug-likeness (QED) is 0.165. The predicted octanol–water partition coefficient (Wildman–Crippen LogP) is 11.6. The molecule has 8 rings (SSSR count). The van der Waals surface area contributed by atoms with E-state index in [2.05, 4.69) is 91.5 Å². The topological polar surface area (TPSA) is 32.0 Å². The molecule has 0 aromatic heterocycles. The zero-order valence-electron chi connectivity index (χ0n) is 27.3. The van der Waals surface area contributed by atoms with Gasteiger partial charge in [-0.2, -0.15) is 0 Å². The van der Waals surface area contributed by atoms with E-state index >= 15 is 0 Å². The summed E-state index contributed by atoms with van der Waals surface area (Å²) in [5.41, 5.74) is 7.62. The van der Waals surface area contributed by atoms with Crippen LogP contribution in [0.15, 0.2) is 127 Å². The van der Waals surface area contributed by atoms with Gasteiger partial charge >= 0.3 is 0 Å². The Labute approximate surface area is 281 Å². The van der Waals surface area contributed by atoms with E-state index < -0.39 is 5.60 Å². The summed E-state index contributed by atoms with van der Waals surface area (Å²) in [4.78, 5) is 3.82. The van der Waals surface area contributed by atoms with E-state index in [1.165, 1.54) is 22.3 Å². The Morgan fingerprint density at radius 1 is 0.708 bits per heavy atom. The Balaban J connectivity index is 1.35. The van der Waals surface area contributed by atoms with Crippen molar-refractivity contribution in [3.63, 3.8) is 0 Å². The molecule has 48 heavy (non-hydrogen) atoms. The molecule has 1 heterocycles. The Morgan fingerprint density at radius 2 is 1.33 bits per heavy atom. The first-order valence-corrected chi connectivity index (χ1v) is 16.5. The van der Waals surface area contributed by atoms with Crippen LogP contribution in [-0.4, -0.2) is 7.11 Å². The fourth-order valence-corrected chi connectivity index (χ4v) is 7.91. The van der Waals surface area contributed by atoms with Crippen LogP contribution in [0.3, 0.4) is 0 Å². The third-order valence-corrected chi connectivity index (χ3v) is 10.3. The number of hydrogen-bond acceptors (Lipinski definition) is 3. The number of methoxy groups -OCH3 is 1. The van der Waals surface area contributed by atoms with Gasteiger partial charge in [0.2, 0.25) is 0 Å². The lowest BCUT2D eigenvalue weighted by Gasteiger charge is -2.39. The van der Waals surface area contributed by atoms with Crippen molar-refractivity contribution < 1.29 is 14.2 Å². The first kappa shape index (κ1) is 29.6. The zero-order chi connectivity index (χ0) is 32.9. The smallest absolute Gasteiger partial charge is 0.187 e. The van der Waals surface area contributed by atoms with Gasteiger partial charge in [-0.15, -0.1) is 0 Å². The van der Waals surface area contributed by atoms with Crippen molar-refractivity contribution in [2.75, 3.05) is 7.11 Å². The summed E-state index contributed by atoms with van der Waals surface area (Å²) < 4.78 is 19.2. The van der Waals surface area contributed by atoms with Crippen LogP contribution in [0.4, 0.5) is 5.69 Å². The van der Waals surface area contributed by atoms with Crippen LogP contribution in [0.2, 0.25) is 0 Å². The van der Waals surface area contributed by atoms with E-state index in [4.69, 9.17) is 20.8 Å². The largest absolute Gasteiger partial charge is 0.497 e. The molecule has 1 aliphatic heterocycles. The van der Waals surface area contributed by atoms with Crippen LogP contribution in [0.25, 0.3) is 32.8 Å². The first-order chi connectivity index (χ1) is 23.5. The summed E-state index contributed by atoms with van der Waals surface area (Å²) in [6, 6.07) is 41.0. The van der Waals surface area contributed by atoms with E-state index in [9.17, 15) is 0 Å². The maximum atomic E-state index is 7.77. The summed E-state index contributed by atoms with van der Waals surface area (Å²) in [6.45, 7) is 12.3. The zero-order valence-corrected chi connectivity index (χ0v) is 27.3. The number of fused-ring (bicyclic) bond motifs is 8. The second-order valence-corrected chi connectivity index (χ2v) is 12.5. The lowest BCUT2D eigenvalue weighted by molar-refractivity contribution is 0.163. The molecule has 1 aliphatic carbocycles. The maximum absolute atomic E-state index is 7.77. The van der Waals surface area contributed by atoms with Crippen LogP contribution < -0.4 is 14.2 Å². The third kappa shape index (κ3) is 4.35. The van der Waals surface area contributed by atoms with Crippen LogP contribution in [0, 0.1) is 6.57 Å². The summed E-state index contributed by atoms with van der Waals surface area (Å²) in [7, 11) is 1.68. The number of para-hydroxylation sites is 1. The summed E-state index contributed by atoms with van der Waals surface area (Å²) in [5, 5.41) is 2.23. The molecule has 4 nitrogen and oxygen atoms in total. The van der Waals surface area contributed by atoms with E-state index in [-0.39, 0.29) is 5.41 Å². The van der Waals surface area contributed by atoms with Crippen molar-refractivity contribution in [3.8, 4) is 34.1 Å². The lowest BCUT2D eigenvalue weighted by Crippen LogP contribution is -2.35. The maximum Gasteiger partial charge on any atom is 0.187 e. The molecular formula is C44H35NO3. The summed E-state index contributed by atoms with van der Waals surface area (Å²) in [5.74, 6) is 3.21. The van der Waals surface area contributed by atoms with Gasteiger partial charge in [0.25, 0.3) is 0 Å². The normalized spacial score (nSPS) is 16.7. The Morgan fingerprint density at radius 3 is 1.98 bits per heavy atom. The molecule has 0 fully saturated rings. The Hall–Kier alpha value is -5.79. The van der Waals surface area contributed by atoms with Crippen molar-refractivity contribution in [1.82, 2.24) is 0 Å². The molecule has 0 radical (unpaired) electrons. The molecule has 0 N–H and O–H groups in total. The highest BCUT2D eigenvalue weighted by molar-refractivity contribution is 6.08. The average Bonchev–Trinajstić information content (AvgIpc) is 3.45. The second-order valence-electron chi connectivity index (χ2n) is 12.5. The van der Waals surface area contributed by atoms with Crippen LogP contribution in [0.1, 0.15) is 54.5 Å². The average molecular weight is 626 g/mol. The number of nitrogens with zero attached hydrogens (tertiary/aromatic N) is 1. The SMILES string of the molecule is [C-]#[N+]c1ccc2c(c1)C(CC)(CC)c1c3c(c4ccccc4c1-2)OC(c1ccc(OC)cc1)(c1ccc(Oc2ccccc2)cc1)C=C3. The highest BCUT2D eigenvalue weighted by atomic mass is 16.5. The molecule has 0 saturated carbocycles. The fourth-order valence-electron chi connectivity index (χ4n) is 7.91. The molecule has 6 aromatic rings. The Kier molecular flexibility index (Phi) is 7.07. The van der Waals surface area contributed by atoms with Gasteiger partial charge in [-0.05, 0) is 83.0 Å². The molecule has 234 valence electrons. The highest BCUT2D eigenvalue weighted by Crippen LogP contribution is 2.60. The predicted molar refractivity (Wildman–Crippen MR) is 193 cm³/mol. The van der Waals surface area contributed by atoms with Gasteiger partial charge in [-0.3, -0.25) is 0 Å². The molecule has 6 aromatic carbocycles. The number of rotatable bonds is 7. The molecule has 4 heteroatoms. The molecule has 2 aliphatic rings. The molecule has 1 atom stereocenters. The summed E-state index contributed by atoms with van der Waals surface area (Å²) >= 11 is 0. The minimum atomic E-state index is -0.911. The van der Waals surface area contributed by atoms with E-state index in [0.717, 1.165) is 63.3 Å². The molecule has 0 spiro atoms. The molecular weight excluding hydrogens is 590 g/mol. The minimum Gasteiger partial charge on any atom is -0.497 e. The standard InChI is InChI=1S/C44H35NO3/c1-5-43(6-2)39-28-31(45-3)20-25-37(39)40-35-14-10-11-15-36(35)42-38(41(40)43)26-27-44(48-42,29-16-21-32(46-4)22-17-29)30-18-23-34(24-19-30)47-33-12-8-7-9-13-33/h7-28H,5-6H2,1-2,4H3. The number of ether oxygens (including phenoxy) is 3. The van der Waals surface area contributed by atoms with Crippen molar-refractivity contribution in [3.05, 3.63) is 167 Å². The number of hydrogen-bond donors (Lipinski definition) is 0. The Bertz CT molecular complexity index is 2240. The molecule has 0 amide bonds. The van der Waals surface area contributed by atoms with Crippen LogP contribution >= 0.6 is 0 Å². The second kappa shape index (κ2) is 11.5. The highest BCUT2D eigenvalue weighted by Gasteiger charge is 2.46. The molecule has 0 saturated heterocycles. The van der Waals surface area contributed by atoms with Crippen molar-refractivity contribution in [2.24, 2.45) is 0 Å². The van der Waals surface area contributed by atoms with Crippen molar-refractivity contribution in [1.29, 1.82) is 0 Å². The monoisotopic (exact) mass is 625 g/mol. The van der Waals surface area contributed by atoms with E-state index in [1.54, 1.807) is 7.11 Å². The number of benzene rings is 6. The van der Waals surface area contributed by atoms with Crippen LogP contribution in [-0.2, 0) is 11.0 Å². The lowest BCUT2D eigenvalue weighted by atomic mass is 9.71. The first-order valence-electron chi connectivity index (χ1n) is 16.5. The van der Waals surface area contributed by atoms with Gasteiger partial charge < -0.3 is 14.2 Å². The van der Waals surface area contributed by atoms with Gasteiger partial charge in [-0.1, -0.05) is 105 Å². The summed E-state index contributed by atoms with van der Waals surface area (Å²) in [6.07, 6.45) is 6.32. The molecule has 0 bridgehead atoms. The van der Waals surface area contributed by atoms with E-state index in [1.807, 2.05) is 60.7 Å². The van der Waals surface area contributed by atoms with Crippen molar-refractivity contribution >= 4 is 22.5 Å². The van der Waals surface area contributed by atoms with Gasteiger partial charge in [0.05, 0.1) is 13.7 Å². The van der Waals surface area contributed by atoms with Gasteiger partial charge in [0.15, 0.2) is 11.3 Å². The van der Waals surface area contributed by atoms with Crippen LogP contribution in [0.5, 0.6) is 23.0 Å². The van der Waals surface area contributed by atoms with Gasteiger partial charge in [-0.25, -0.2) is 4.85 Å². The third-order valence-electron chi connectivity index (χ3n) is 10.3. The fraction of sp³-hybridized carbons (Fsp3) is 0.159. The minimum absolute atomic E-state index is 0.246. The van der Waals surface area contributed by atoms with E-state index in [0.29, 0.717) is 5.69 Å². The van der Waals surface area contributed by atoms with Crippen molar-refractivity contribution in [2.45, 2.75) is 37.7 Å². The van der Waals surface area contributed by atoms with Gasteiger partial charge in [0.1, 0.15) is 23.0 Å². The molecule has 1 unspecified atom stereocenters. The van der Waals surface area contributed by atoms with Gasteiger partial charge in [0, 0.05) is 27.5 Å².